The number of nitrogens with zero attached hydrogens (tertiary/aromatic N) is 1. The molecule has 126 valence electrons. The average molecular weight is 320 g/mol. The van der Waals surface area contributed by atoms with Gasteiger partial charge in [0, 0.05) is 26.1 Å². The molecule has 1 N–H and O–H groups in total. The third-order valence-electron chi connectivity index (χ3n) is 3.96. The van der Waals surface area contributed by atoms with Gasteiger partial charge in [0.1, 0.15) is 0 Å². The van der Waals surface area contributed by atoms with Crippen LogP contribution < -0.4 is 14.8 Å². The minimum atomic E-state index is -0.255. The summed E-state index contributed by atoms with van der Waals surface area (Å²) in [6, 6.07) is 5.58. The minimum absolute atomic E-state index is 0.0106. The molecule has 1 aliphatic rings. The standard InChI is InChI=1S/C17H24N2O4/c1-4-7-18-17(21)13-9-16(20)19(11-13)10-12-5-6-14(22-2)15(8-12)23-3/h5-6,8,13H,4,7,9-11H2,1-3H3,(H,18,21). The van der Waals surface area contributed by atoms with Gasteiger partial charge in [0.25, 0.3) is 0 Å². The van der Waals surface area contributed by atoms with Gasteiger partial charge in [-0.05, 0) is 24.1 Å². The monoisotopic (exact) mass is 320 g/mol. The number of methoxy groups -OCH3 is 2. The summed E-state index contributed by atoms with van der Waals surface area (Å²) < 4.78 is 10.5. The Hall–Kier alpha value is -2.24. The predicted molar refractivity (Wildman–Crippen MR) is 86.4 cm³/mol. The molecule has 1 heterocycles. The van der Waals surface area contributed by atoms with E-state index in [0.29, 0.717) is 31.1 Å². The summed E-state index contributed by atoms with van der Waals surface area (Å²) in [6.45, 7) is 3.59. The Morgan fingerprint density at radius 3 is 2.70 bits per heavy atom. The van der Waals surface area contributed by atoms with E-state index in [1.165, 1.54) is 0 Å². The Morgan fingerprint density at radius 2 is 2.04 bits per heavy atom. The van der Waals surface area contributed by atoms with Crippen LogP contribution in [0.5, 0.6) is 11.5 Å². The van der Waals surface area contributed by atoms with E-state index in [4.69, 9.17) is 9.47 Å². The molecule has 2 rings (SSSR count). The Kier molecular flexibility index (Phi) is 5.84. The highest BCUT2D eigenvalue weighted by Crippen LogP contribution is 2.29. The lowest BCUT2D eigenvalue weighted by molar-refractivity contribution is -0.129. The molecule has 2 amide bonds. The Bertz CT molecular complexity index is 574. The molecule has 1 unspecified atom stereocenters. The highest BCUT2D eigenvalue weighted by Gasteiger charge is 2.34. The SMILES string of the molecule is CCCNC(=O)C1CC(=O)N(Cc2ccc(OC)c(OC)c2)C1. The van der Waals surface area contributed by atoms with Crippen LogP contribution >= 0.6 is 0 Å². The molecular formula is C17H24N2O4. The highest BCUT2D eigenvalue weighted by atomic mass is 16.5. The van der Waals surface area contributed by atoms with Crippen LogP contribution in [0.25, 0.3) is 0 Å². The topological polar surface area (TPSA) is 67.9 Å². The second kappa shape index (κ2) is 7.85. The summed E-state index contributed by atoms with van der Waals surface area (Å²) in [6.07, 6.45) is 1.17. The zero-order valence-corrected chi connectivity index (χ0v) is 13.9. The zero-order valence-electron chi connectivity index (χ0n) is 13.9. The fourth-order valence-corrected chi connectivity index (χ4v) is 2.69. The molecule has 1 atom stereocenters. The Morgan fingerprint density at radius 1 is 1.30 bits per heavy atom. The van der Waals surface area contributed by atoms with Crippen LogP contribution in [0, 0.1) is 5.92 Å². The van der Waals surface area contributed by atoms with Crippen molar-refractivity contribution < 1.29 is 19.1 Å². The Labute approximate surface area is 136 Å². The van der Waals surface area contributed by atoms with Gasteiger partial charge in [0.2, 0.25) is 11.8 Å². The normalized spacial score (nSPS) is 17.3. The van der Waals surface area contributed by atoms with Crippen molar-refractivity contribution in [2.45, 2.75) is 26.3 Å². The van der Waals surface area contributed by atoms with Crippen LogP contribution in [-0.4, -0.2) is 44.0 Å². The summed E-state index contributed by atoms with van der Waals surface area (Å²) in [5.41, 5.74) is 0.950. The summed E-state index contributed by atoms with van der Waals surface area (Å²) in [5, 5.41) is 2.86. The van der Waals surface area contributed by atoms with Gasteiger partial charge in [-0.2, -0.15) is 0 Å². The van der Waals surface area contributed by atoms with Crippen LogP contribution in [0.2, 0.25) is 0 Å². The van der Waals surface area contributed by atoms with Crippen molar-refractivity contribution in [1.82, 2.24) is 10.2 Å². The Balaban J connectivity index is 2.00. The molecule has 0 aromatic heterocycles. The largest absolute Gasteiger partial charge is 0.493 e. The first kappa shape index (κ1) is 17.1. The molecule has 1 aromatic carbocycles. The van der Waals surface area contributed by atoms with Gasteiger partial charge in [-0.3, -0.25) is 9.59 Å². The molecule has 1 aromatic rings. The van der Waals surface area contributed by atoms with E-state index >= 15 is 0 Å². The van der Waals surface area contributed by atoms with Gasteiger partial charge in [0.05, 0.1) is 20.1 Å². The average Bonchev–Trinajstić information content (AvgIpc) is 2.93. The molecule has 23 heavy (non-hydrogen) atoms. The smallest absolute Gasteiger partial charge is 0.225 e. The fraction of sp³-hybridized carbons (Fsp3) is 0.529. The van der Waals surface area contributed by atoms with Crippen molar-refractivity contribution in [3.8, 4) is 11.5 Å². The summed E-state index contributed by atoms with van der Waals surface area (Å²) in [7, 11) is 3.16. The minimum Gasteiger partial charge on any atom is -0.493 e. The maximum Gasteiger partial charge on any atom is 0.225 e. The van der Waals surface area contributed by atoms with E-state index in [-0.39, 0.29) is 24.2 Å². The van der Waals surface area contributed by atoms with Crippen molar-refractivity contribution in [2.24, 2.45) is 5.92 Å². The number of nitrogens with one attached hydrogen (secondary N) is 1. The van der Waals surface area contributed by atoms with Crippen molar-refractivity contribution >= 4 is 11.8 Å². The van der Waals surface area contributed by atoms with Crippen LogP contribution in [-0.2, 0) is 16.1 Å². The van der Waals surface area contributed by atoms with Crippen molar-refractivity contribution in [1.29, 1.82) is 0 Å². The van der Waals surface area contributed by atoms with Crippen molar-refractivity contribution in [2.75, 3.05) is 27.3 Å². The van der Waals surface area contributed by atoms with E-state index in [2.05, 4.69) is 5.32 Å². The number of hydrogen-bond donors (Lipinski definition) is 1. The number of rotatable bonds is 7. The molecular weight excluding hydrogens is 296 g/mol. The van der Waals surface area contributed by atoms with Crippen LogP contribution in [0.3, 0.4) is 0 Å². The fourth-order valence-electron chi connectivity index (χ4n) is 2.69. The first-order chi connectivity index (χ1) is 11.1. The van der Waals surface area contributed by atoms with E-state index in [0.717, 1.165) is 12.0 Å². The number of hydrogen-bond acceptors (Lipinski definition) is 4. The quantitative estimate of drug-likeness (QED) is 0.828. The molecule has 0 radical (unpaired) electrons. The maximum atomic E-state index is 12.1. The molecule has 6 nitrogen and oxygen atoms in total. The van der Waals surface area contributed by atoms with Gasteiger partial charge in [-0.25, -0.2) is 0 Å². The summed E-state index contributed by atoms with van der Waals surface area (Å²) in [4.78, 5) is 25.9. The number of likely N-dealkylation sites (tertiary alicyclic amines) is 1. The first-order valence-electron chi connectivity index (χ1n) is 7.85. The molecule has 0 saturated carbocycles. The lowest BCUT2D eigenvalue weighted by atomic mass is 10.1. The van der Waals surface area contributed by atoms with Crippen LogP contribution in [0.4, 0.5) is 0 Å². The molecule has 1 fully saturated rings. The van der Waals surface area contributed by atoms with Crippen molar-refractivity contribution in [3.63, 3.8) is 0 Å². The second-order valence-corrected chi connectivity index (χ2v) is 5.66. The summed E-state index contributed by atoms with van der Waals surface area (Å²) >= 11 is 0. The molecule has 6 heteroatoms. The number of ether oxygens (including phenoxy) is 2. The second-order valence-electron chi connectivity index (χ2n) is 5.66. The zero-order chi connectivity index (χ0) is 16.8. The van der Waals surface area contributed by atoms with Gasteiger partial charge >= 0.3 is 0 Å². The lowest BCUT2D eigenvalue weighted by Crippen LogP contribution is -2.33. The first-order valence-corrected chi connectivity index (χ1v) is 7.85. The van der Waals surface area contributed by atoms with Gasteiger partial charge in [0.15, 0.2) is 11.5 Å². The number of amides is 2. The molecule has 0 spiro atoms. The van der Waals surface area contributed by atoms with E-state index in [1.54, 1.807) is 19.1 Å². The number of carbonyl (C=O) groups excluding carboxylic acids is 2. The third kappa shape index (κ3) is 4.15. The lowest BCUT2D eigenvalue weighted by Gasteiger charge is -2.18. The van der Waals surface area contributed by atoms with Crippen molar-refractivity contribution in [3.05, 3.63) is 23.8 Å². The third-order valence-corrected chi connectivity index (χ3v) is 3.96. The predicted octanol–water partition coefficient (Wildman–Crippen LogP) is 1.58. The summed E-state index contributed by atoms with van der Waals surface area (Å²) in [5.74, 6) is 1.01. The van der Waals surface area contributed by atoms with Crippen LogP contribution in [0.1, 0.15) is 25.3 Å². The van der Waals surface area contributed by atoms with E-state index in [9.17, 15) is 9.59 Å². The number of benzene rings is 1. The van der Waals surface area contributed by atoms with Crippen LogP contribution in [0.15, 0.2) is 18.2 Å². The van der Waals surface area contributed by atoms with Gasteiger partial charge < -0.3 is 19.7 Å². The molecule has 1 aliphatic heterocycles. The van der Waals surface area contributed by atoms with E-state index in [1.807, 2.05) is 25.1 Å². The molecule has 0 aliphatic carbocycles. The molecule has 0 bridgehead atoms. The molecule has 1 saturated heterocycles. The number of carbonyl (C=O) groups is 2. The van der Waals surface area contributed by atoms with Gasteiger partial charge in [-0.1, -0.05) is 13.0 Å². The maximum absolute atomic E-state index is 12.1. The highest BCUT2D eigenvalue weighted by molar-refractivity contribution is 5.89. The van der Waals surface area contributed by atoms with E-state index < -0.39 is 0 Å². The van der Waals surface area contributed by atoms with Gasteiger partial charge in [-0.15, -0.1) is 0 Å².